The first-order valence-corrected chi connectivity index (χ1v) is 6.82. The van der Waals surface area contributed by atoms with Crippen LogP contribution in [0.1, 0.15) is 19.9 Å². The fourth-order valence-corrected chi connectivity index (χ4v) is 2.66. The van der Waals surface area contributed by atoms with E-state index in [2.05, 4.69) is 28.4 Å². The van der Waals surface area contributed by atoms with E-state index in [9.17, 15) is 0 Å². The molecule has 0 atom stereocenters. The topological polar surface area (TPSA) is 56.7 Å². The van der Waals surface area contributed by atoms with Gasteiger partial charge in [-0.25, -0.2) is 4.98 Å². The molecule has 2 aromatic heterocycles. The lowest BCUT2D eigenvalue weighted by molar-refractivity contribution is 0.624. The molecule has 0 fully saturated rings. The molecule has 0 radical (unpaired) electrons. The Balaban J connectivity index is 2.32. The van der Waals surface area contributed by atoms with Gasteiger partial charge in [0.15, 0.2) is 0 Å². The Morgan fingerprint density at radius 1 is 1.25 bits per heavy atom. The van der Waals surface area contributed by atoms with E-state index in [0.717, 1.165) is 22.4 Å². The van der Waals surface area contributed by atoms with Gasteiger partial charge < -0.3 is 10.3 Å². The zero-order valence-electron chi connectivity index (χ0n) is 11.3. The lowest BCUT2D eigenvalue weighted by atomic mass is 10.2. The van der Waals surface area contributed by atoms with Crippen LogP contribution in [0.5, 0.6) is 0 Å². The van der Waals surface area contributed by atoms with Crippen molar-refractivity contribution in [3.05, 3.63) is 41.7 Å². The van der Waals surface area contributed by atoms with Crippen molar-refractivity contribution < 1.29 is 0 Å². The van der Waals surface area contributed by atoms with Gasteiger partial charge in [-0.2, -0.15) is 0 Å². The summed E-state index contributed by atoms with van der Waals surface area (Å²) in [6.07, 6.45) is 3.55. The second kappa shape index (κ2) is 4.80. The van der Waals surface area contributed by atoms with Crippen LogP contribution >= 0.6 is 11.6 Å². The molecule has 0 unspecified atom stereocenters. The first-order chi connectivity index (χ1) is 9.56. The molecule has 0 aliphatic heterocycles. The van der Waals surface area contributed by atoms with Crippen LogP contribution in [-0.4, -0.2) is 14.5 Å². The Kier molecular flexibility index (Phi) is 3.10. The van der Waals surface area contributed by atoms with Gasteiger partial charge in [-0.3, -0.25) is 4.98 Å². The Morgan fingerprint density at radius 3 is 2.75 bits per heavy atom. The molecular weight excluding hydrogens is 272 g/mol. The van der Waals surface area contributed by atoms with Gasteiger partial charge in [0.05, 0.1) is 11.7 Å². The SMILES string of the molecule is CC(C)n1c(-c2cc(N)cc(Cl)c2)nc2cnccc21. The average molecular weight is 287 g/mol. The zero-order valence-corrected chi connectivity index (χ0v) is 12.1. The van der Waals surface area contributed by atoms with E-state index < -0.39 is 0 Å². The average Bonchev–Trinajstić information content (AvgIpc) is 2.76. The molecule has 0 spiro atoms. The molecule has 0 saturated heterocycles. The second-order valence-corrected chi connectivity index (χ2v) is 5.47. The van der Waals surface area contributed by atoms with Gasteiger partial charge in [-0.1, -0.05) is 11.6 Å². The smallest absolute Gasteiger partial charge is 0.141 e. The maximum absolute atomic E-state index is 6.10. The summed E-state index contributed by atoms with van der Waals surface area (Å²) in [5, 5.41) is 0.612. The maximum Gasteiger partial charge on any atom is 0.141 e. The summed E-state index contributed by atoms with van der Waals surface area (Å²) >= 11 is 6.10. The molecule has 2 N–H and O–H groups in total. The van der Waals surface area contributed by atoms with Crippen molar-refractivity contribution in [3.8, 4) is 11.4 Å². The monoisotopic (exact) mass is 286 g/mol. The molecule has 0 aliphatic carbocycles. The number of nitrogen functional groups attached to an aromatic ring is 1. The van der Waals surface area contributed by atoms with Crippen LogP contribution in [0.2, 0.25) is 5.02 Å². The van der Waals surface area contributed by atoms with E-state index in [0.29, 0.717) is 10.7 Å². The third-order valence-electron chi connectivity index (χ3n) is 3.19. The van der Waals surface area contributed by atoms with Gasteiger partial charge in [0.2, 0.25) is 0 Å². The summed E-state index contributed by atoms with van der Waals surface area (Å²) in [4.78, 5) is 8.80. The molecule has 0 aliphatic rings. The summed E-state index contributed by atoms with van der Waals surface area (Å²) in [5.74, 6) is 0.859. The molecule has 20 heavy (non-hydrogen) atoms. The van der Waals surface area contributed by atoms with Crippen LogP contribution in [0.4, 0.5) is 5.69 Å². The predicted molar refractivity (Wildman–Crippen MR) is 82.8 cm³/mol. The summed E-state index contributed by atoms with van der Waals surface area (Å²) in [6.45, 7) is 4.25. The number of aromatic nitrogens is 3. The number of nitrogens with zero attached hydrogens (tertiary/aromatic N) is 3. The molecule has 3 rings (SSSR count). The molecule has 1 aromatic carbocycles. The molecule has 102 valence electrons. The van der Waals surface area contributed by atoms with Gasteiger partial charge in [-0.05, 0) is 38.1 Å². The van der Waals surface area contributed by atoms with Gasteiger partial charge in [-0.15, -0.1) is 0 Å². The first kappa shape index (κ1) is 12.9. The van der Waals surface area contributed by atoms with Crippen LogP contribution in [0.25, 0.3) is 22.4 Å². The molecule has 4 nitrogen and oxygen atoms in total. The number of hydrogen-bond acceptors (Lipinski definition) is 3. The lowest BCUT2D eigenvalue weighted by Gasteiger charge is -2.13. The number of fused-ring (bicyclic) bond motifs is 1. The molecular formula is C15H15ClN4. The largest absolute Gasteiger partial charge is 0.399 e. The van der Waals surface area contributed by atoms with Crippen LogP contribution in [0.3, 0.4) is 0 Å². The molecule has 0 amide bonds. The van der Waals surface area contributed by atoms with E-state index in [4.69, 9.17) is 17.3 Å². The molecule has 3 aromatic rings. The fourth-order valence-electron chi connectivity index (χ4n) is 2.42. The standard InChI is InChI=1S/C15H15ClN4/c1-9(2)20-14-3-4-18-8-13(14)19-15(20)10-5-11(16)7-12(17)6-10/h3-9H,17H2,1-2H3. The number of anilines is 1. The molecule has 0 saturated carbocycles. The Bertz CT molecular complexity index is 756. The van der Waals surface area contributed by atoms with Crippen LogP contribution in [-0.2, 0) is 0 Å². The highest BCUT2D eigenvalue weighted by Crippen LogP contribution is 2.30. The van der Waals surface area contributed by atoms with Gasteiger partial charge >= 0.3 is 0 Å². The summed E-state index contributed by atoms with van der Waals surface area (Å²) in [6, 6.07) is 7.75. The second-order valence-electron chi connectivity index (χ2n) is 5.04. The van der Waals surface area contributed by atoms with Crippen molar-refractivity contribution in [1.82, 2.24) is 14.5 Å². The number of hydrogen-bond donors (Lipinski definition) is 1. The van der Waals surface area contributed by atoms with Crippen molar-refractivity contribution in [2.75, 3.05) is 5.73 Å². The fraction of sp³-hybridized carbons (Fsp3) is 0.200. The van der Waals surface area contributed by atoms with Crippen molar-refractivity contribution >= 4 is 28.3 Å². The van der Waals surface area contributed by atoms with Crippen molar-refractivity contribution in [3.63, 3.8) is 0 Å². The van der Waals surface area contributed by atoms with Crippen molar-refractivity contribution in [2.24, 2.45) is 0 Å². The highest BCUT2D eigenvalue weighted by molar-refractivity contribution is 6.31. The summed E-state index contributed by atoms with van der Waals surface area (Å²) in [5.41, 5.74) is 9.36. The maximum atomic E-state index is 6.10. The first-order valence-electron chi connectivity index (χ1n) is 6.44. The summed E-state index contributed by atoms with van der Waals surface area (Å²) < 4.78 is 2.17. The number of rotatable bonds is 2. The normalized spacial score (nSPS) is 11.4. The Morgan fingerprint density at radius 2 is 2.05 bits per heavy atom. The van der Waals surface area contributed by atoms with Crippen LogP contribution in [0, 0.1) is 0 Å². The van der Waals surface area contributed by atoms with Crippen molar-refractivity contribution in [1.29, 1.82) is 0 Å². The van der Waals surface area contributed by atoms with Gasteiger partial charge in [0.25, 0.3) is 0 Å². The molecule has 0 bridgehead atoms. The van der Waals surface area contributed by atoms with E-state index >= 15 is 0 Å². The number of nitrogens with two attached hydrogens (primary N) is 1. The summed E-state index contributed by atoms with van der Waals surface area (Å²) in [7, 11) is 0. The van der Waals surface area contributed by atoms with Gasteiger partial charge in [0.1, 0.15) is 11.3 Å². The van der Waals surface area contributed by atoms with E-state index in [1.807, 2.05) is 18.2 Å². The minimum atomic E-state index is 0.276. The predicted octanol–water partition coefficient (Wildman–Crippen LogP) is 3.91. The minimum Gasteiger partial charge on any atom is -0.399 e. The van der Waals surface area contributed by atoms with E-state index in [1.165, 1.54) is 0 Å². The van der Waals surface area contributed by atoms with Crippen LogP contribution in [0.15, 0.2) is 36.7 Å². The van der Waals surface area contributed by atoms with Crippen LogP contribution < -0.4 is 5.73 Å². The molecule has 2 heterocycles. The number of pyridine rings is 1. The number of halogens is 1. The molecule has 5 heteroatoms. The lowest BCUT2D eigenvalue weighted by Crippen LogP contribution is -2.03. The van der Waals surface area contributed by atoms with Crippen molar-refractivity contribution in [2.45, 2.75) is 19.9 Å². The number of benzene rings is 1. The van der Waals surface area contributed by atoms with E-state index in [-0.39, 0.29) is 6.04 Å². The Hall–Kier alpha value is -2.07. The third-order valence-corrected chi connectivity index (χ3v) is 3.40. The Labute approximate surface area is 122 Å². The zero-order chi connectivity index (χ0) is 14.3. The highest BCUT2D eigenvalue weighted by atomic mass is 35.5. The third kappa shape index (κ3) is 2.12. The number of imidazole rings is 1. The minimum absolute atomic E-state index is 0.276. The van der Waals surface area contributed by atoms with E-state index in [1.54, 1.807) is 18.5 Å². The quantitative estimate of drug-likeness (QED) is 0.727. The van der Waals surface area contributed by atoms with Gasteiger partial charge in [0, 0.05) is 28.5 Å². The highest BCUT2D eigenvalue weighted by Gasteiger charge is 2.15.